The molecule has 0 fully saturated rings. The van der Waals surface area contributed by atoms with Crippen molar-refractivity contribution in [3.8, 4) is 0 Å². The molecule has 0 saturated heterocycles. The summed E-state index contributed by atoms with van der Waals surface area (Å²) in [6.07, 6.45) is -2.69. The second-order valence-electron chi connectivity index (χ2n) is 2.03. The van der Waals surface area contributed by atoms with Crippen LogP contribution in [0.1, 0.15) is 12.1 Å². The van der Waals surface area contributed by atoms with Crippen molar-refractivity contribution >= 4 is 5.82 Å². The summed E-state index contributed by atoms with van der Waals surface area (Å²) in [5.74, 6) is -0.0483. The fourth-order valence-electron chi connectivity index (χ4n) is 0.705. The normalized spacial score (nSPS) is 10.5. The van der Waals surface area contributed by atoms with Crippen LogP contribution in [-0.4, -0.2) is 4.98 Å². The molecule has 0 spiro atoms. The predicted molar refractivity (Wildman–Crippen MR) is 36.4 cm³/mol. The molecule has 0 unspecified atom stereocenters. The zero-order chi connectivity index (χ0) is 8.43. The topological polar surface area (TPSA) is 58.9 Å². The Labute approximate surface area is 60.8 Å². The number of pyridine rings is 1. The van der Waals surface area contributed by atoms with Crippen LogP contribution < -0.4 is 11.2 Å². The number of alkyl halides is 2. The standard InChI is InChI=1S/C6H6F2N2O/c7-6(8)4-1-3(11)2-5(9)10-4/h1-2,6H,(H3,9,10,11). The molecule has 1 aromatic rings. The van der Waals surface area contributed by atoms with Gasteiger partial charge in [0.25, 0.3) is 6.43 Å². The van der Waals surface area contributed by atoms with Crippen LogP contribution in [0.5, 0.6) is 0 Å². The Morgan fingerprint density at radius 2 is 2.09 bits per heavy atom. The van der Waals surface area contributed by atoms with Crippen LogP contribution >= 0.6 is 0 Å². The number of nitrogen functional groups attached to an aromatic ring is 1. The third-order valence-electron chi connectivity index (χ3n) is 1.12. The lowest BCUT2D eigenvalue weighted by Gasteiger charge is -1.99. The van der Waals surface area contributed by atoms with E-state index in [1.54, 1.807) is 0 Å². The van der Waals surface area contributed by atoms with Gasteiger partial charge in [-0.25, -0.2) is 8.78 Å². The number of nitrogens with one attached hydrogen (secondary N) is 1. The van der Waals surface area contributed by atoms with E-state index in [0.717, 1.165) is 12.1 Å². The molecule has 0 atom stereocenters. The minimum absolute atomic E-state index is 0.0483. The van der Waals surface area contributed by atoms with E-state index in [-0.39, 0.29) is 5.82 Å². The number of anilines is 1. The Bertz CT molecular complexity index is 308. The molecule has 60 valence electrons. The summed E-state index contributed by atoms with van der Waals surface area (Å²) < 4.78 is 23.8. The Hall–Kier alpha value is -1.39. The number of aromatic nitrogens is 1. The van der Waals surface area contributed by atoms with E-state index in [2.05, 4.69) is 4.98 Å². The zero-order valence-corrected chi connectivity index (χ0v) is 5.47. The summed E-state index contributed by atoms with van der Waals surface area (Å²) in [7, 11) is 0. The molecule has 11 heavy (non-hydrogen) atoms. The molecule has 0 aliphatic heterocycles. The number of hydrogen-bond acceptors (Lipinski definition) is 2. The molecule has 0 saturated carbocycles. The number of H-pyrrole nitrogens is 1. The number of hydrogen-bond donors (Lipinski definition) is 2. The average molecular weight is 160 g/mol. The SMILES string of the molecule is Nc1cc(=O)cc(C(F)F)[nH]1. The van der Waals surface area contributed by atoms with Crippen LogP contribution in [-0.2, 0) is 0 Å². The minimum Gasteiger partial charge on any atom is -0.385 e. The molecule has 1 aromatic heterocycles. The number of aromatic amines is 1. The Kier molecular flexibility index (Phi) is 1.89. The lowest BCUT2D eigenvalue weighted by atomic mass is 10.3. The third kappa shape index (κ3) is 1.76. The molecular weight excluding hydrogens is 154 g/mol. The van der Waals surface area contributed by atoms with Gasteiger partial charge in [0.1, 0.15) is 5.82 Å². The second kappa shape index (κ2) is 2.69. The molecule has 1 heterocycles. The molecule has 3 N–H and O–H groups in total. The summed E-state index contributed by atoms with van der Waals surface area (Å²) in [6, 6.07) is 1.87. The minimum atomic E-state index is -2.69. The van der Waals surface area contributed by atoms with Crippen molar-refractivity contribution in [3.05, 3.63) is 28.0 Å². The highest BCUT2D eigenvalue weighted by molar-refractivity contribution is 5.29. The van der Waals surface area contributed by atoms with Crippen LogP contribution in [0.3, 0.4) is 0 Å². The van der Waals surface area contributed by atoms with E-state index in [0.29, 0.717) is 0 Å². The summed E-state index contributed by atoms with van der Waals surface area (Å²) in [6.45, 7) is 0. The van der Waals surface area contributed by atoms with Crippen LogP contribution in [0.4, 0.5) is 14.6 Å². The van der Waals surface area contributed by atoms with E-state index in [1.807, 2.05) is 0 Å². The Morgan fingerprint density at radius 1 is 1.45 bits per heavy atom. The maximum absolute atomic E-state index is 11.9. The zero-order valence-electron chi connectivity index (χ0n) is 5.47. The van der Waals surface area contributed by atoms with Crippen molar-refractivity contribution in [3.63, 3.8) is 0 Å². The Balaban J connectivity index is 3.19. The maximum atomic E-state index is 11.9. The summed E-state index contributed by atoms with van der Waals surface area (Å²) >= 11 is 0. The van der Waals surface area contributed by atoms with Gasteiger partial charge >= 0.3 is 0 Å². The van der Waals surface area contributed by atoms with Crippen molar-refractivity contribution in [1.29, 1.82) is 0 Å². The first kappa shape index (κ1) is 7.71. The largest absolute Gasteiger partial charge is 0.385 e. The van der Waals surface area contributed by atoms with E-state index < -0.39 is 17.5 Å². The summed E-state index contributed by atoms with van der Waals surface area (Å²) in [4.78, 5) is 12.8. The number of rotatable bonds is 1. The quantitative estimate of drug-likeness (QED) is 0.641. The third-order valence-corrected chi connectivity index (χ3v) is 1.12. The van der Waals surface area contributed by atoms with Gasteiger partial charge in [-0.2, -0.15) is 0 Å². The molecule has 1 rings (SSSR count). The van der Waals surface area contributed by atoms with Gasteiger partial charge in [-0.05, 0) is 0 Å². The van der Waals surface area contributed by atoms with Crippen molar-refractivity contribution in [2.45, 2.75) is 6.43 Å². The second-order valence-corrected chi connectivity index (χ2v) is 2.03. The molecule has 0 radical (unpaired) electrons. The van der Waals surface area contributed by atoms with Gasteiger partial charge in [0, 0.05) is 12.1 Å². The summed E-state index contributed by atoms with van der Waals surface area (Å²) in [5, 5.41) is 0. The van der Waals surface area contributed by atoms with Gasteiger partial charge in [0.05, 0.1) is 5.69 Å². The molecule has 0 bridgehead atoms. The van der Waals surface area contributed by atoms with Gasteiger partial charge in [-0.3, -0.25) is 4.79 Å². The highest BCUT2D eigenvalue weighted by Gasteiger charge is 2.07. The molecule has 0 aliphatic carbocycles. The molecular formula is C6H6F2N2O. The van der Waals surface area contributed by atoms with Crippen molar-refractivity contribution in [2.75, 3.05) is 5.73 Å². The van der Waals surface area contributed by atoms with E-state index >= 15 is 0 Å². The molecule has 5 heteroatoms. The number of nitrogens with two attached hydrogens (primary N) is 1. The van der Waals surface area contributed by atoms with Crippen LogP contribution in [0, 0.1) is 0 Å². The maximum Gasteiger partial charge on any atom is 0.278 e. The molecule has 3 nitrogen and oxygen atoms in total. The van der Waals surface area contributed by atoms with Gasteiger partial charge < -0.3 is 10.7 Å². The molecule has 0 aromatic carbocycles. The highest BCUT2D eigenvalue weighted by atomic mass is 19.3. The van der Waals surface area contributed by atoms with Gasteiger partial charge in [0.2, 0.25) is 0 Å². The van der Waals surface area contributed by atoms with E-state index in [4.69, 9.17) is 5.73 Å². The lowest BCUT2D eigenvalue weighted by molar-refractivity contribution is 0.146. The lowest BCUT2D eigenvalue weighted by Crippen LogP contribution is -2.06. The van der Waals surface area contributed by atoms with Crippen molar-refractivity contribution in [2.24, 2.45) is 0 Å². The fraction of sp³-hybridized carbons (Fsp3) is 0.167. The first-order valence-corrected chi connectivity index (χ1v) is 2.87. The van der Waals surface area contributed by atoms with Gasteiger partial charge in [-0.1, -0.05) is 0 Å². The molecule has 0 aliphatic rings. The van der Waals surface area contributed by atoms with Crippen LogP contribution in [0.25, 0.3) is 0 Å². The van der Waals surface area contributed by atoms with E-state index in [9.17, 15) is 13.6 Å². The monoisotopic (exact) mass is 160 g/mol. The predicted octanol–water partition coefficient (Wildman–Crippen LogP) is 0.895. The van der Waals surface area contributed by atoms with Crippen molar-refractivity contribution in [1.82, 2.24) is 4.98 Å². The smallest absolute Gasteiger partial charge is 0.278 e. The number of halogens is 2. The fourth-order valence-corrected chi connectivity index (χ4v) is 0.705. The Morgan fingerprint density at radius 3 is 2.55 bits per heavy atom. The van der Waals surface area contributed by atoms with Crippen molar-refractivity contribution < 1.29 is 8.78 Å². The first-order chi connectivity index (χ1) is 5.09. The van der Waals surface area contributed by atoms with Crippen LogP contribution in [0.15, 0.2) is 16.9 Å². The first-order valence-electron chi connectivity index (χ1n) is 2.87. The van der Waals surface area contributed by atoms with Gasteiger partial charge in [0.15, 0.2) is 5.43 Å². The molecule has 0 amide bonds. The van der Waals surface area contributed by atoms with E-state index in [1.165, 1.54) is 0 Å². The summed E-state index contributed by atoms with van der Waals surface area (Å²) in [5.41, 5.74) is 4.14. The highest BCUT2D eigenvalue weighted by Crippen LogP contribution is 2.14. The average Bonchev–Trinajstić information content (AvgIpc) is 1.85. The van der Waals surface area contributed by atoms with Gasteiger partial charge in [-0.15, -0.1) is 0 Å². The van der Waals surface area contributed by atoms with Crippen LogP contribution in [0.2, 0.25) is 0 Å².